The Morgan fingerprint density at radius 3 is 2.72 bits per heavy atom. The van der Waals surface area contributed by atoms with Crippen molar-refractivity contribution in [2.75, 3.05) is 6.54 Å². The van der Waals surface area contributed by atoms with Crippen LogP contribution in [0.5, 0.6) is 0 Å². The van der Waals surface area contributed by atoms with Crippen LogP contribution in [0.15, 0.2) is 4.47 Å². The van der Waals surface area contributed by atoms with Crippen LogP contribution in [0.2, 0.25) is 0 Å². The van der Waals surface area contributed by atoms with Crippen molar-refractivity contribution >= 4 is 21.8 Å². The van der Waals surface area contributed by atoms with Crippen molar-refractivity contribution < 1.29 is 0 Å². The molecule has 1 fully saturated rings. The standard InChI is InChI=1S/C12H20BrN5/c1-8-12(13)10(17(2)16-8)7-18(9-3-4-9)6-5-11(14)15/h9H,3-7H2,1-2H3,(H3,14,15). The normalized spacial score (nSPS) is 15.3. The van der Waals surface area contributed by atoms with E-state index in [2.05, 4.69) is 25.9 Å². The molecule has 0 atom stereocenters. The molecule has 1 saturated carbocycles. The van der Waals surface area contributed by atoms with Gasteiger partial charge in [-0.05, 0) is 35.7 Å². The maximum atomic E-state index is 7.34. The number of rotatable bonds is 6. The molecule has 1 aliphatic rings. The van der Waals surface area contributed by atoms with Crippen LogP contribution in [-0.2, 0) is 13.6 Å². The van der Waals surface area contributed by atoms with Crippen molar-refractivity contribution in [1.82, 2.24) is 14.7 Å². The van der Waals surface area contributed by atoms with Gasteiger partial charge < -0.3 is 5.73 Å². The lowest BCUT2D eigenvalue weighted by Crippen LogP contribution is -2.30. The van der Waals surface area contributed by atoms with Gasteiger partial charge in [0, 0.05) is 32.6 Å². The number of halogens is 1. The second-order valence-electron chi connectivity index (χ2n) is 4.95. The van der Waals surface area contributed by atoms with Gasteiger partial charge in [-0.25, -0.2) is 0 Å². The zero-order chi connectivity index (χ0) is 13.3. The molecule has 5 nitrogen and oxygen atoms in total. The molecule has 0 unspecified atom stereocenters. The Kier molecular flexibility index (Phi) is 4.07. The van der Waals surface area contributed by atoms with E-state index < -0.39 is 0 Å². The minimum absolute atomic E-state index is 0.265. The van der Waals surface area contributed by atoms with E-state index in [9.17, 15) is 0 Å². The summed E-state index contributed by atoms with van der Waals surface area (Å²) in [5, 5.41) is 11.8. The predicted octanol–water partition coefficient (Wildman–Crippen LogP) is 1.78. The van der Waals surface area contributed by atoms with Crippen LogP contribution in [0.4, 0.5) is 0 Å². The van der Waals surface area contributed by atoms with Crippen molar-refractivity contribution in [2.24, 2.45) is 12.8 Å². The van der Waals surface area contributed by atoms with Crippen LogP contribution in [0.25, 0.3) is 0 Å². The van der Waals surface area contributed by atoms with Crippen molar-refractivity contribution in [1.29, 1.82) is 5.41 Å². The summed E-state index contributed by atoms with van der Waals surface area (Å²) in [6.07, 6.45) is 3.16. The highest BCUT2D eigenvalue weighted by Crippen LogP contribution is 2.30. The van der Waals surface area contributed by atoms with Crippen LogP contribution in [0, 0.1) is 12.3 Å². The molecule has 1 aromatic rings. The highest BCUT2D eigenvalue weighted by Gasteiger charge is 2.30. The van der Waals surface area contributed by atoms with E-state index in [1.54, 1.807) is 0 Å². The summed E-state index contributed by atoms with van der Waals surface area (Å²) in [6.45, 7) is 3.73. The first-order chi connectivity index (χ1) is 8.49. The third-order valence-corrected chi connectivity index (χ3v) is 4.38. The number of aryl methyl sites for hydroxylation is 2. The van der Waals surface area contributed by atoms with Crippen LogP contribution in [0.1, 0.15) is 30.7 Å². The van der Waals surface area contributed by atoms with Crippen molar-refractivity contribution in [3.05, 3.63) is 15.9 Å². The average Bonchev–Trinajstić information content (AvgIpc) is 3.08. The molecular formula is C12H20BrN5. The lowest BCUT2D eigenvalue weighted by molar-refractivity contribution is 0.254. The molecule has 2 rings (SSSR count). The predicted molar refractivity (Wildman–Crippen MR) is 75.6 cm³/mol. The first kappa shape index (κ1) is 13.5. The zero-order valence-electron chi connectivity index (χ0n) is 10.9. The number of nitrogens with one attached hydrogen (secondary N) is 1. The maximum absolute atomic E-state index is 7.34. The van der Waals surface area contributed by atoms with Crippen LogP contribution < -0.4 is 5.73 Å². The quantitative estimate of drug-likeness (QED) is 0.621. The first-order valence-corrected chi connectivity index (χ1v) is 7.03. The Morgan fingerprint density at radius 1 is 1.61 bits per heavy atom. The van der Waals surface area contributed by atoms with E-state index in [0.29, 0.717) is 12.5 Å². The Bertz CT molecular complexity index is 450. The van der Waals surface area contributed by atoms with Crippen LogP contribution in [0.3, 0.4) is 0 Å². The molecule has 0 bridgehead atoms. The first-order valence-electron chi connectivity index (χ1n) is 6.24. The minimum Gasteiger partial charge on any atom is -0.388 e. The van der Waals surface area contributed by atoms with Crippen molar-refractivity contribution in [3.8, 4) is 0 Å². The van der Waals surface area contributed by atoms with Gasteiger partial charge in [-0.1, -0.05) is 0 Å². The minimum atomic E-state index is 0.265. The second-order valence-corrected chi connectivity index (χ2v) is 5.74. The molecule has 6 heteroatoms. The van der Waals surface area contributed by atoms with Gasteiger partial charge in [-0.2, -0.15) is 5.10 Å². The second kappa shape index (κ2) is 5.40. The van der Waals surface area contributed by atoms with E-state index in [0.717, 1.165) is 23.3 Å². The van der Waals surface area contributed by atoms with Gasteiger partial charge in [0.15, 0.2) is 0 Å². The van der Waals surface area contributed by atoms with Gasteiger partial charge in [-0.15, -0.1) is 0 Å². The number of nitrogens with two attached hydrogens (primary N) is 1. The summed E-state index contributed by atoms with van der Waals surface area (Å²) in [7, 11) is 1.98. The Hall–Kier alpha value is -0.880. The summed E-state index contributed by atoms with van der Waals surface area (Å²) in [4.78, 5) is 2.41. The van der Waals surface area contributed by atoms with E-state index in [1.807, 2.05) is 18.7 Å². The fourth-order valence-electron chi connectivity index (χ4n) is 2.14. The fraction of sp³-hybridized carbons (Fsp3) is 0.667. The zero-order valence-corrected chi connectivity index (χ0v) is 12.5. The maximum Gasteiger partial charge on any atom is 0.0918 e. The number of aromatic nitrogens is 2. The highest BCUT2D eigenvalue weighted by molar-refractivity contribution is 9.10. The van der Waals surface area contributed by atoms with Crippen LogP contribution in [-0.4, -0.2) is 33.1 Å². The summed E-state index contributed by atoms with van der Waals surface area (Å²) >= 11 is 3.60. The summed E-state index contributed by atoms with van der Waals surface area (Å²) in [6, 6.07) is 0.659. The SMILES string of the molecule is Cc1nn(C)c(CN(CCC(=N)N)C2CC2)c1Br. The van der Waals surface area contributed by atoms with Gasteiger partial charge in [-0.3, -0.25) is 15.0 Å². The Labute approximate surface area is 116 Å². The van der Waals surface area contributed by atoms with E-state index >= 15 is 0 Å². The molecule has 0 spiro atoms. The number of hydrogen-bond acceptors (Lipinski definition) is 3. The molecule has 0 saturated heterocycles. The molecule has 1 aliphatic carbocycles. The molecule has 1 heterocycles. The number of nitrogens with zero attached hydrogens (tertiary/aromatic N) is 3. The molecule has 18 heavy (non-hydrogen) atoms. The van der Waals surface area contributed by atoms with Gasteiger partial charge in [0.1, 0.15) is 0 Å². The highest BCUT2D eigenvalue weighted by atomic mass is 79.9. The largest absolute Gasteiger partial charge is 0.388 e. The smallest absolute Gasteiger partial charge is 0.0918 e. The molecular weight excluding hydrogens is 294 g/mol. The van der Waals surface area contributed by atoms with Gasteiger partial charge in [0.25, 0.3) is 0 Å². The van der Waals surface area contributed by atoms with Crippen molar-refractivity contribution in [2.45, 2.75) is 38.8 Å². The third kappa shape index (κ3) is 3.11. The number of hydrogen-bond donors (Lipinski definition) is 2. The Morgan fingerprint density at radius 2 is 2.28 bits per heavy atom. The topological polar surface area (TPSA) is 70.9 Å². The van der Waals surface area contributed by atoms with Crippen molar-refractivity contribution in [3.63, 3.8) is 0 Å². The number of amidine groups is 1. The van der Waals surface area contributed by atoms with Gasteiger partial charge in [0.2, 0.25) is 0 Å². The molecule has 0 aromatic carbocycles. The van der Waals surface area contributed by atoms with Gasteiger partial charge >= 0.3 is 0 Å². The summed E-state index contributed by atoms with van der Waals surface area (Å²) in [5.74, 6) is 0.265. The van der Waals surface area contributed by atoms with Crippen LogP contribution >= 0.6 is 15.9 Å². The van der Waals surface area contributed by atoms with Gasteiger partial charge in [0.05, 0.1) is 21.7 Å². The van der Waals surface area contributed by atoms with E-state index in [-0.39, 0.29) is 5.84 Å². The molecule has 0 radical (unpaired) electrons. The average molecular weight is 314 g/mol. The summed E-state index contributed by atoms with van der Waals surface area (Å²) in [5.41, 5.74) is 7.67. The fourth-order valence-corrected chi connectivity index (χ4v) is 2.60. The van der Waals surface area contributed by atoms with E-state index in [1.165, 1.54) is 18.5 Å². The molecule has 0 aliphatic heterocycles. The molecule has 1 aromatic heterocycles. The van der Waals surface area contributed by atoms with E-state index in [4.69, 9.17) is 11.1 Å². The third-order valence-electron chi connectivity index (χ3n) is 3.35. The molecule has 0 amide bonds. The molecule has 3 N–H and O–H groups in total. The summed E-state index contributed by atoms with van der Waals surface area (Å²) < 4.78 is 3.03. The lowest BCUT2D eigenvalue weighted by Gasteiger charge is -2.21. The lowest BCUT2D eigenvalue weighted by atomic mass is 10.3. The Balaban J connectivity index is 2.06. The monoisotopic (exact) mass is 313 g/mol. The molecule has 100 valence electrons.